The maximum Gasteiger partial charge on any atom is 0.446 e. The largest absolute Gasteiger partial charge is 0.446 e. The fourth-order valence-electron chi connectivity index (χ4n) is 3.68. The van der Waals surface area contributed by atoms with Crippen LogP contribution in [0.2, 0.25) is 0 Å². The van der Waals surface area contributed by atoms with Gasteiger partial charge in [-0.2, -0.15) is 0 Å². The molecular weight excluding hydrogens is 416 g/mol. The highest BCUT2D eigenvalue weighted by Gasteiger charge is 2.45. The molecule has 7 heteroatoms. The fourth-order valence-corrected chi connectivity index (χ4v) is 5.03. The Bertz CT molecular complexity index is 868. The molecule has 2 heterocycles. The Kier molecular flexibility index (Phi) is 5.12. The van der Waals surface area contributed by atoms with Gasteiger partial charge in [-0.15, -0.1) is 0 Å². The van der Waals surface area contributed by atoms with Crippen LogP contribution in [-0.4, -0.2) is 16.3 Å². The van der Waals surface area contributed by atoms with Crippen molar-refractivity contribution < 1.29 is 9.26 Å². The minimum Gasteiger partial charge on any atom is -0.352 e. The van der Waals surface area contributed by atoms with Gasteiger partial charge >= 0.3 is 5.76 Å². The number of nitrogens with zero attached hydrogens (tertiary/aromatic N) is 2. The highest BCUT2D eigenvalue weighted by atomic mass is 79.9. The van der Waals surface area contributed by atoms with Gasteiger partial charge in [-0.1, -0.05) is 64.2 Å². The number of hydrogen-bond acceptors (Lipinski definition) is 5. The number of rotatable bonds is 4. The van der Waals surface area contributed by atoms with Gasteiger partial charge in [0.25, 0.3) is 0 Å². The highest BCUT2D eigenvalue weighted by Crippen LogP contribution is 2.48. The number of benzene rings is 1. The van der Waals surface area contributed by atoms with Gasteiger partial charge in [0.15, 0.2) is 0 Å². The molecule has 0 saturated heterocycles. The normalized spacial score (nSPS) is 23.5. The molecule has 1 unspecified atom stereocenters. The summed E-state index contributed by atoms with van der Waals surface area (Å²) in [6, 6.07) is 7.98. The first-order chi connectivity index (χ1) is 12.6. The van der Waals surface area contributed by atoms with Crippen LogP contribution in [0.3, 0.4) is 0 Å². The van der Waals surface area contributed by atoms with E-state index in [1.165, 1.54) is 36.7 Å². The molecule has 0 amide bonds. The molecule has 1 saturated carbocycles. The Morgan fingerprint density at radius 1 is 1.31 bits per heavy atom. The van der Waals surface area contributed by atoms with Gasteiger partial charge in [0, 0.05) is 15.7 Å². The van der Waals surface area contributed by atoms with E-state index in [1.54, 1.807) is 11.8 Å². The molecule has 5 nitrogen and oxygen atoms in total. The molecule has 138 valence electrons. The van der Waals surface area contributed by atoms with Crippen LogP contribution in [0.4, 0.5) is 0 Å². The summed E-state index contributed by atoms with van der Waals surface area (Å²) < 4.78 is 14.0. The van der Waals surface area contributed by atoms with Crippen LogP contribution in [0, 0.1) is 5.92 Å². The molecule has 0 spiro atoms. The van der Waals surface area contributed by atoms with Crippen LogP contribution < -0.4 is 5.76 Å². The van der Waals surface area contributed by atoms with Crippen molar-refractivity contribution >= 4 is 33.4 Å². The summed E-state index contributed by atoms with van der Waals surface area (Å²) >= 11 is 5.03. The van der Waals surface area contributed by atoms with Gasteiger partial charge < -0.3 is 4.74 Å². The summed E-state index contributed by atoms with van der Waals surface area (Å²) in [7, 11) is 0. The van der Waals surface area contributed by atoms with E-state index in [2.05, 4.69) is 21.1 Å². The summed E-state index contributed by atoms with van der Waals surface area (Å²) in [6.07, 6.45) is 6.23. The molecule has 2 aromatic rings. The van der Waals surface area contributed by atoms with E-state index < -0.39 is 10.7 Å². The van der Waals surface area contributed by atoms with Gasteiger partial charge in [0.05, 0.1) is 6.61 Å². The summed E-state index contributed by atoms with van der Waals surface area (Å²) in [6.45, 7) is 2.53. The van der Waals surface area contributed by atoms with Crippen molar-refractivity contribution in [2.75, 3.05) is 6.61 Å². The van der Waals surface area contributed by atoms with Crippen molar-refractivity contribution in [1.29, 1.82) is 0 Å². The van der Waals surface area contributed by atoms with Crippen molar-refractivity contribution in [2.24, 2.45) is 5.92 Å². The van der Waals surface area contributed by atoms with E-state index in [4.69, 9.17) is 9.26 Å². The van der Waals surface area contributed by atoms with Gasteiger partial charge in [-0.25, -0.2) is 9.36 Å². The summed E-state index contributed by atoms with van der Waals surface area (Å²) in [4.78, 5) is 11.3. The molecule has 0 radical (unpaired) electrons. The van der Waals surface area contributed by atoms with E-state index in [9.17, 15) is 4.79 Å². The molecular formula is C19H21BrN2O3S. The molecule has 1 aromatic carbocycles. The standard InChI is InChI=1S/C19H21BrN2O3S/c1-13-12-26-19(15-7-9-16(20)10-8-15,17-21-25-18(23)22(13)17)24-11-14-5-3-2-4-6-14/h7-10,12,14H,2-6,11H2,1H3. The number of thioether (sulfide) groups is 1. The number of aromatic nitrogens is 2. The topological polar surface area (TPSA) is 57.3 Å². The lowest BCUT2D eigenvalue weighted by atomic mass is 9.90. The molecule has 1 aromatic heterocycles. The number of halogens is 1. The van der Waals surface area contributed by atoms with Crippen molar-refractivity contribution in [2.45, 2.75) is 44.0 Å². The monoisotopic (exact) mass is 436 g/mol. The maximum atomic E-state index is 12.2. The highest BCUT2D eigenvalue weighted by molar-refractivity contribution is 9.10. The van der Waals surface area contributed by atoms with Crippen molar-refractivity contribution in [3.8, 4) is 0 Å². The Morgan fingerprint density at radius 3 is 2.77 bits per heavy atom. The van der Waals surface area contributed by atoms with E-state index >= 15 is 0 Å². The molecule has 2 aliphatic rings. The number of hydrogen-bond donors (Lipinski definition) is 0. The third-order valence-corrected chi connectivity index (χ3v) is 6.97. The third kappa shape index (κ3) is 3.21. The summed E-state index contributed by atoms with van der Waals surface area (Å²) in [5.74, 6) is 0.582. The minimum atomic E-state index is -0.871. The van der Waals surface area contributed by atoms with Crippen molar-refractivity contribution in [3.05, 3.63) is 56.1 Å². The predicted molar refractivity (Wildman–Crippen MR) is 106 cm³/mol. The first kappa shape index (κ1) is 18.1. The first-order valence-corrected chi connectivity index (χ1v) is 10.6. The Balaban J connectivity index is 1.75. The second kappa shape index (κ2) is 7.37. The molecule has 0 N–H and O–H groups in total. The van der Waals surface area contributed by atoms with Crippen molar-refractivity contribution in [3.63, 3.8) is 0 Å². The molecule has 0 bridgehead atoms. The molecule has 1 aliphatic carbocycles. The predicted octanol–water partition coefficient (Wildman–Crippen LogP) is 4.96. The fraction of sp³-hybridized carbons (Fsp3) is 0.474. The Morgan fingerprint density at radius 2 is 2.04 bits per heavy atom. The van der Waals surface area contributed by atoms with Gasteiger partial charge in [0.1, 0.15) is 0 Å². The quantitative estimate of drug-likeness (QED) is 0.677. The third-order valence-electron chi connectivity index (χ3n) is 5.12. The average molecular weight is 437 g/mol. The molecule has 4 rings (SSSR count). The molecule has 1 aliphatic heterocycles. The smallest absolute Gasteiger partial charge is 0.352 e. The average Bonchev–Trinajstić information content (AvgIpc) is 3.06. The Labute approximate surface area is 164 Å². The first-order valence-electron chi connectivity index (χ1n) is 8.94. The van der Waals surface area contributed by atoms with Gasteiger partial charge in [-0.3, -0.25) is 4.52 Å². The maximum absolute atomic E-state index is 12.2. The molecule has 1 fully saturated rings. The van der Waals surface area contributed by atoms with Gasteiger partial charge in [-0.05, 0) is 43.2 Å². The SMILES string of the molecule is CC1=CSC(OCC2CCCCC2)(c2ccc(Br)cc2)c2noc(=O)n21. The second-order valence-electron chi connectivity index (χ2n) is 6.92. The number of fused-ring (bicyclic) bond motifs is 1. The lowest BCUT2D eigenvalue weighted by Crippen LogP contribution is -2.36. The van der Waals surface area contributed by atoms with E-state index in [0.717, 1.165) is 15.7 Å². The van der Waals surface area contributed by atoms with E-state index in [1.807, 2.05) is 36.6 Å². The van der Waals surface area contributed by atoms with Crippen molar-refractivity contribution in [1.82, 2.24) is 9.72 Å². The van der Waals surface area contributed by atoms with Gasteiger partial charge in [0.2, 0.25) is 10.8 Å². The van der Waals surface area contributed by atoms with Crippen LogP contribution in [0.15, 0.2) is 43.5 Å². The van der Waals surface area contributed by atoms with E-state index in [-0.39, 0.29) is 0 Å². The number of allylic oxidation sites excluding steroid dienone is 1. The molecule has 1 atom stereocenters. The van der Waals surface area contributed by atoms with Crippen LogP contribution in [0.1, 0.15) is 50.4 Å². The molecule has 26 heavy (non-hydrogen) atoms. The van der Waals surface area contributed by atoms with Crippen LogP contribution >= 0.6 is 27.7 Å². The minimum absolute atomic E-state index is 0.475. The zero-order chi connectivity index (χ0) is 18.1. The lowest BCUT2D eigenvalue weighted by molar-refractivity contribution is 0.0118. The van der Waals surface area contributed by atoms with E-state index in [0.29, 0.717) is 18.3 Å². The van der Waals surface area contributed by atoms with Crippen LogP contribution in [0.25, 0.3) is 5.70 Å². The zero-order valence-corrected chi connectivity index (χ0v) is 17.0. The number of ether oxygens (including phenoxy) is 1. The lowest BCUT2D eigenvalue weighted by Gasteiger charge is -2.35. The van der Waals surface area contributed by atoms with Crippen LogP contribution in [-0.2, 0) is 9.67 Å². The van der Waals surface area contributed by atoms with Crippen LogP contribution in [0.5, 0.6) is 0 Å². The summed E-state index contributed by atoms with van der Waals surface area (Å²) in [5, 5.41) is 6.05. The second-order valence-corrected chi connectivity index (χ2v) is 8.89. The zero-order valence-electron chi connectivity index (χ0n) is 14.6. The summed E-state index contributed by atoms with van der Waals surface area (Å²) in [5.41, 5.74) is 1.75. The Hall–Kier alpha value is -1.31.